The molecule has 3 heteroatoms. The zero-order chi connectivity index (χ0) is 10.4. The van der Waals surface area contributed by atoms with E-state index >= 15 is 0 Å². The molecule has 14 heavy (non-hydrogen) atoms. The van der Waals surface area contributed by atoms with Gasteiger partial charge in [-0.15, -0.1) is 0 Å². The molecule has 0 heterocycles. The fraction of sp³-hybridized carbons (Fsp3) is 0.364. The van der Waals surface area contributed by atoms with Crippen molar-refractivity contribution < 1.29 is 4.74 Å². The van der Waals surface area contributed by atoms with Gasteiger partial charge in [-0.05, 0) is 31.6 Å². The average molecular weight is 192 g/mol. The Labute approximate surface area is 84.9 Å². The Morgan fingerprint density at radius 3 is 2.93 bits per heavy atom. The summed E-state index contributed by atoms with van der Waals surface area (Å²) in [6.45, 7) is 2.66. The summed E-state index contributed by atoms with van der Waals surface area (Å²) in [5, 5.41) is 7.13. The maximum atomic E-state index is 7.13. The van der Waals surface area contributed by atoms with Gasteiger partial charge in [-0.1, -0.05) is 6.08 Å². The summed E-state index contributed by atoms with van der Waals surface area (Å²) in [5.41, 5.74) is 1.02. The predicted molar refractivity (Wildman–Crippen MR) is 58.1 cm³/mol. The maximum absolute atomic E-state index is 7.13. The fourth-order valence-electron chi connectivity index (χ4n) is 1.21. The van der Waals surface area contributed by atoms with E-state index in [2.05, 4.69) is 6.08 Å². The van der Waals surface area contributed by atoms with Crippen LogP contribution in [-0.4, -0.2) is 24.9 Å². The highest BCUT2D eigenvalue weighted by molar-refractivity contribution is 5.55. The molecule has 0 radical (unpaired) electrons. The third-order valence-electron chi connectivity index (χ3n) is 1.98. The molecule has 0 aromatic carbocycles. The molecule has 0 spiro atoms. The van der Waals surface area contributed by atoms with Crippen LogP contribution >= 0.6 is 0 Å². The molecule has 3 nitrogen and oxygen atoms in total. The van der Waals surface area contributed by atoms with Crippen molar-refractivity contribution in [2.45, 2.75) is 13.3 Å². The number of likely N-dealkylation sites (N-methyl/N-ethyl adjacent to an activating group) is 1. The van der Waals surface area contributed by atoms with E-state index in [0.717, 1.165) is 17.9 Å². The molecule has 0 saturated heterocycles. The van der Waals surface area contributed by atoms with E-state index < -0.39 is 0 Å². The number of ether oxygens (including phenoxy) is 1. The Kier molecular flexibility index (Phi) is 3.98. The highest BCUT2D eigenvalue weighted by atomic mass is 16.5. The predicted octanol–water partition coefficient (Wildman–Crippen LogP) is 2.29. The van der Waals surface area contributed by atoms with Crippen molar-refractivity contribution in [3.8, 4) is 0 Å². The zero-order valence-electron chi connectivity index (χ0n) is 8.66. The summed E-state index contributed by atoms with van der Waals surface area (Å²) in [7, 11) is 1.86. The highest BCUT2D eigenvalue weighted by Gasteiger charge is 2.01. The maximum Gasteiger partial charge on any atom is 0.115 e. The molecule has 0 aromatic heterocycles. The first-order valence-electron chi connectivity index (χ1n) is 4.72. The first-order chi connectivity index (χ1) is 6.77. The lowest BCUT2D eigenvalue weighted by Crippen LogP contribution is -2.12. The molecule has 0 aromatic rings. The second-order valence-corrected chi connectivity index (χ2v) is 2.98. The van der Waals surface area contributed by atoms with Crippen LogP contribution in [-0.2, 0) is 4.74 Å². The zero-order valence-corrected chi connectivity index (χ0v) is 8.66. The molecular formula is C11H16N2O. The Balaban J connectivity index is 2.67. The fourth-order valence-corrected chi connectivity index (χ4v) is 1.21. The van der Waals surface area contributed by atoms with Gasteiger partial charge in [0.25, 0.3) is 0 Å². The number of nitrogens with one attached hydrogen (secondary N) is 1. The van der Waals surface area contributed by atoms with Gasteiger partial charge in [0.1, 0.15) is 5.76 Å². The third kappa shape index (κ3) is 2.76. The minimum atomic E-state index is 0.686. The van der Waals surface area contributed by atoms with E-state index in [0.29, 0.717) is 6.61 Å². The molecule has 1 aliphatic carbocycles. The molecule has 1 rings (SSSR count). The molecule has 0 bridgehead atoms. The van der Waals surface area contributed by atoms with E-state index in [1.54, 1.807) is 4.90 Å². The number of allylic oxidation sites excluding steroid dienone is 4. The monoisotopic (exact) mass is 192 g/mol. The van der Waals surface area contributed by atoms with Crippen molar-refractivity contribution in [2.75, 3.05) is 13.7 Å². The van der Waals surface area contributed by atoms with E-state index in [9.17, 15) is 0 Å². The lowest BCUT2D eigenvalue weighted by molar-refractivity contribution is 0.241. The van der Waals surface area contributed by atoms with Crippen molar-refractivity contribution in [2.24, 2.45) is 0 Å². The van der Waals surface area contributed by atoms with E-state index in [4.69, 9.17) is 10.1 Å². The van der Waals surface area contributed by atoms with E-state index in [1.165, 1.54) is 6.34 Å². The largest absolute Gasteiger partial charge is 0.494 e. The molecule has 0 atom stereocenters. The molecule has 76 valence electrons. The van der Waals surface area contributed by atoms with Crippen LogP contribution in [0.2, 0.25) is 0 Å². The second kappa shape index (κ2) is 5.27. The van der Waals surface area contributed by atoms with Crippen LogP contribution < -0.4 is 0 Å². The Morgan fingerprint density at radius 2 is 2.29 bits per heavy atom. The topological polar surface area (TPSA) is 36.3 Å². The first kappa shape index (κ1) is 10.6. The highest BCUT2D eigenvalue weighted by Crippen LogP contribution is 2.12. The van der Waals surface area contributed by atoms with Crippen LogP contribution in [0.5, 0.6) is 0 Å². The van der Waals surface area contributed by atoms with Crippen LogP contribution in [0.25, 0.3) is 0 Å². The molecule has 0 fully saturated rings. The Hall–Kier alpha value is -1.51. The molecule has 0 saturated carbocycles. The number of hydrogen-bond acceptors (Lipinski definition) is 2. The third-order valence-corrected chi connectivity index (χ3v) is 1.98. The molecule has 0 unspecified atom stereocenters. The molecule has 0 aliphatic heterocycles. The summed E-state index contributed by atoms with van der Waals surface area (Å²) in [6, 6.07) is 0. The second-order valence-electron chi connectivity index (χ2n) is 2.98. The van der Waals surface area contributed by atoms with Crippen LogP contribution in [0.4, 0.5) is 0 Å². The number of hydrogen-bond donors (Lipinski definition) is 1. The molecule has 1 N–H and O–H groups in total. The molecule has 1 aliphatic rings. The molecule has 0 amide bonds. The van der Waals surface area contributed by atoms with Crippen LogP contribution in [0, 0.1) is 5.41 Å². The summed E-state index contributed by atoms with van der Waals surface area (Å²) < 4.78 is 5.39. The summed E-state index contributed by atoms with van der Waals surface area (Å²) in [5.74, 6) is 0.900. The van der Waals surface area contributed by atoms with Gasteiger partial charge in [-0.2, -0.15) is 0 Å². The van der Waals surface area contributed by atoms with Crippen LogP contribution in [0.3, 0.4) is 0 Å². The quantitative estimate of drug-likeness (QED) is 0.548. The lowest BCUT2D eigenvalue weighted by atomic mass is 10.3. The minimum Gasteiger partial charge on any atom is -0.494 e. The van der Waals surface area contributed by atoms with E-state index in [1.807, 2.05) is 32.2 Å². The van der Waals surface area contributed by atoms with Crippen molar-refractivity contribution >= 4 is 6.34 Å². The smallest absolute Gasteiger partial charge is 0.115 e. The summed E-state index contributed by atoms with van der Waals surface area (Å²) >= 11 is 0. The SMILES string of the molecule is CCOC1=CCC=C(N(C)C=N)C=C1. The standard InChI is InChI=1S/C11H16N2O/c1-3-14-11-6-4-5-10(7-8-11)13(2)9-12/h5-9,12H,3-4H2,1-2H3. The van der Waals surface area contributed by atoms with Crippen molar-refractivity contribution in [1.82, 2.24) is 4.90 Å². The summed E-state index contributed by atoms with van der Waals surface area (Å²) in [6.07, 6.45) is 10.1. The van der Waals surface area contributed by atoms with Gasteiger partial charge in [0.15, 0.2) is 0 Å². The van der Waals surface area contributed by atoms with Gasteiger partial charge < -0.3 is 9.64 Å². The number of rotatable bonds is 4. The van der Waals surface area contributed by atoms with Gasteiger partial charge in [0, 0.05) is 12.7 Å². The normalized spacial score (nSPS) is 15.3. The van der Waals surface area contributed by atoms with Gasteiger partial charge in [0.2, 0.25) is 0 Å². The first-order valence-corrected chi connectivity index (χ1v) is 4.72. The molecular weight excluding hydrogens is 176 g/mol. The van der Waals surface area contributed by atoms with Crippen molar-refractivity contribution in [1.29, 1.82) is 5.41 Å². The minimum absolute atomic E-state index is 0.686. The Morgan fingerprint density at radius 1 is 1.50 bits per heavy atom. The average Bonchev–Trinajstić information content (AvgIpc) is 2.43. The van der Waals surface area contributed by atoms with Crippen molar-refractivity contribution in [3.63, 3.8) is 0 Å². The van der Waals surface area contributed by atoms with Crippen LogP contribution in [0.15, 0.2) is 35.8 Å². The lowest BCUT2D eigenvalue weighted by Gasteiger charge is -2.12. The van der Waals surface area contributed by atoms with Gasteiger partial charge in [-0.25, -0.2) is 0 Å². The van der Waals surface area contributed by atoms with Gasteiger partial charge >= 0.3 is 0 Å². The van der Waals surface area contributed by atoms with E-state index in [-0.39, 0.29) is 0 Å². The van der Waals surface area contributed by atoms with Gasteiger partial charge in [0.05, 0.1) is 12.9 Å². The van der Waals surface area contributed by atoms with Crippen molar-refractivity contribution in [3.05, 3.63) is 35.8 Å². The van der Waals surface area contributed by atoms with Gasteiger partial charge in [-0.3, -0.25) is 5.41 Å². The Bertz CT molecular complexity index is 290. The van der Waals surface area contributed by atoms with Crippen LogP contribution in [0.1, 0.15) is 13.3 Å². The number of nitrogens with zero attached hydrogens (tertiary/aromatic N) is 1. The summed E-state index contributed by atoms with van der Waals surface area (Å²) in [4.78, 5) is 1.76.